The summed E-state index contributed by atoms with van der Waals surface area (Å²) in [7, 11) is 0. The van der Waals surface area contributed by atoms with Gasteiger partial charge in [0.2, 0.25) is 17.7 Å². The van der Waals surface area contributed by atoms with E-state index in [0.717, 1.165) is 0 Å². The monoisotopic (exact) mass is 518 g/mol. The Morgan fingerprint density at radius 1 is 0.857 bits per heavy atom. The van der Waals surface area contributed by atoms with Gasteiger partial charge in [0.15, 0.2) is 11.9 Å². The van der Waals surface area contributed by atoms with E-state index in [4.69, 9.17) is 28.7 Å². The van der Waals surface area contributed by atoms with Crippen molar-refractivity contribution in [3.63, 3.8) is 0 Å². The quantitative estimate of drug-likeness (QED) is 0.0484. The molecule has 0 saturated heterocycles. The minimum absolute atomic E-state index is 0.0552. The van der Waals surface area contributed by atoms with Gasteiger partial charge < -0.3 is 49.7 Å². The molecule has 0 aromatic heterocycles. The molecule has 0 bridgehead atoms. The number of thioether (sulfide) groups is 1. The van der Waals surface area contributed by atoms with Crippen molar-refractivity contribution in [3.05, 3.63) is 0 Å². The van der Waals surface area contributed by atoms with Crippen LogP contribution in [-0.4, -0.2) is 90.5 Å². The van der Waals surface area contributed by atoms with Gasteiger partial charge in [-0.1, -0.05) is 0 Å². The van der Waals surface area contributed by atoms with Crippen molar-refractivity contribution in [2.24, 2.45) is 38.7 Å². The molecule has 0 aliphatic heterocycles. The van der Waals surface area contributed by atoms with E-state index in [1.54, 1.807) is 0 Å². The molecule has 0 saturated carbocycles. The average molecular weight is 519 g/mol. The van der Waals surface area contributed by atoms with Crippen LogP contribution in [0.3, 0.4) is 0 Å². The van der Waals surface area contributed by atoms with Crippen LogP contribution in [-0.2, 0) is 19.2 Å². The van der Waals surface area contributed by atoms with E-state index in [1.165, 1.54) is 11.8 Å². The fraction of sp³-hybridized carbons (Fsp3) is 0.684. The molecule has 15 nitrogen and oxygen atoms in total. The van der Waals surface area contributed by atoms with E-state index in [-0.39, 0.29) is 31.3 Å². The molecule has 35 heavy (non-hydrogen) atoms. The smallest absolute Gasteiger partial charge is 0.326 e. The molecule has 3 amide bonds. The summed E-state index contributed by atoms with van der Waals surface area (Å²) in [5, 5.41) is 16.8. The van der Waals surface area contributed by atoms with Crippen LogP contribution in [0.25, 0.3) is 0 Å². The van der Waals surface area contributed by atoms with Gasteiger partial charge in [-0.25, -0.2) is 4.79 Å². The van der Waals surface area contributed by atoms with E-state index in [0.29, 0.717) is 31.6 Å². The number of carboxylic acid groups (broad SMARTS) is 1. The highest BCUT2D eigenvalue weighted by molar-refractivity contribution is 7.98. The molecule has 0 spiro atoms. The van der Waals surface area contributed by atoms with E-state index < -0.39 is 48.4 Å². The van der Waals surface area contributed by atoms with Crippen LogP contribution in [0.5, 0.6) is 0 Å². The van der Waals surface area contributed by atoms with E-state index in [1.807, 2.05) is 6.26 Å². The van der Waals surface area contributed by atoms with Crippen molar-refractivity contribution in [1.82, 2.24) is 16.0 Å². The number of carbonyl (C=O) groups excluding carboxylic acids is 3. The molecule has 0 heterocycles. The number of carboxylic acids is 1. The number of amides is 3. The number of rotatable bonds is 18. The van der Waals surface area contributed by atoms with Gasteiger partial charge in [-0.2, -0.15) is 11.8 Å². The second kappa shape index (κ2) is 18.1. The Bertz CT molecular complexity index is 756. The standard InChI is InChI=1S/C19H38N10O5S/c1-35-9-6-12(16(32)29-13(17(33)34)5-3-8-26-19(23)24)28-14(30)10-27-15(31)11(20)4-2-7-25-18(21)22/h11-13H,2-10,20H2,1H3,(H,27,31)(H,28,30)(H,29,32)(H,33,34)(H4,21,22,25)(H4,23,24,26). The lowest BCUT2D eigenvalue weighted by molar-refractivity contribution is -0.142. The SMILES string of the molecule is CSCCC(NC(=O)CNC(=O)C(N)CCCN=C(N)N)C(=O)NC(CCCN=C(N)N)C(=O)O. The zero-order chi connectivity index (χ0) is 26.8. The lowest BCUT2D eigenvalue weighted by Gasteiger charge is -2.21. The molecule has 16 heteroatoms. The Morgan fingerprint density at radius 2 is 1.43 bits per heavy atom. The Balaban J connectivity index is 4.78. The van der Waals surface area contributed by atoms with Gasteiger partial charge in [0.25, 0.3) is 0 Å². The lowest BCUT2D eigenvalue weighted by Crippen LogP contribution is -2.54. The molecule has 200 valence electrons. The zero-order valence-electron chi connectivity index (χ0n) is 19.9. The van der Waals surface area contributed by atoms with Crippen molar-refractivity contribution < 1.29 is 24.3 Å². The first kappa shape index (κ1) is 31.7. The maximum atomic E-state index is 12.7. The molecular weight excluding hydrogens is 480 g/mol. The Labute approximate surface area is 208 Å². The number of aliphatic imine (C=N–C) groups is 2. The average Bonchev–Trinajstić information content (AvgIpc) is 2.78. The summed E-state index contributed by atoms with van der Waals surface area (Å²) in [6.45, 7) is 0.136. The lowest BCUT2D eigenvalue weighted by atomic mass is 10.1. The van der Waals surface area contributed by atoms with Crippen LogP contribution < -0.4 is 44.6 Å². The summed E-state index contributed by atoms with van der Waals surface area (Å²) in [5.41, 5.74) is 26.7. The Kier molecular flexibility index (Phi) is 16.4. The normalized spacial score (nSPS) is 13.0. The minimum atomic E-state index is -1.22. The van der Waals surface area contributed by atoms with Crippen LogP contribution in [0, 0.1) is 0 Å². The highest BCUT2D eigenvalue weighted by Crippen LogP contribution is 2.04. The van der Waals surface area contributed by atoms with Crippen LogP contribution >= 0.6 is 11.8 Å². The number of hydrogen-bond donors (Lipinski definition) is 9. The molecule has 0 radical (unpaired) electrons. The summed E-state index contributed by atoms with van der Waals surface area (Å²) in [5.74, 6) is -2.66. The number of nitrogens with zero attached hydrogens (tertiary/aromatic N) is 2. The molecule has 0 aromatic rings. The van der Waals surface area contributed by atoms with Crippen molar-refractivity contribution in [1.29, 1.82) is 0 Å². The maximum absolute atomic E-state index is 12.7. The summed E-state index contributed by atoms with van der Waals surface area (Å²) < 4.78 is 0. The number of hydrogen-bond acceptors (Lipinski definition) is 8. The third-order valence-electron chi connectivity index (χ3n) is 4.55. The summed E-state index contributed by atoms with van der Waals surface area (Å²) in [6, 6.07) is -3.02. The summed E-state index contributed by atoms with van der Waals surface area (Å²) in [6.07, 6.45) is 3.30. The second-order valence-electron chi connectivity index (χ2n) is 7.52. The van der Waals surface area contributed by atoms with Gasteiger partial charge >= 0.3 is 5.97 Å². The van der Waals surface area contributed by atoms with E-state index >= 15 is 0 Å². The van der Waals surface area contributed by atoms with Crippen molar-refractivity contribution in [2.45, 2.75) is 50.2 Å². The van der Waals surface area contributed by atoms with Crippen LogP contribution in [0.1, 0.15) is 32.1 Å². The first-order valence-corrected chi connectivity index (χ1v) is 12.3. The molecule has 0 rings (SSSR count). The van der Waals surface area contributed by atoms with E-state index in [2.05, 4.69) is 25.9 Å². The summed E-state index contributed by atoms with van der Waals surface area (Å²) >= 11 is 1.46. The third kappa shape index (κ3) is 16.1. The molecule has 14 N–H and O–H groups in total. The first-order valence-electron chi connectivity index (χ1n) is 10.9. The predicted molar refractivity (Wildman–Crippen MR) is 135 cm³/mol. The van der Waals surface area contributed by atoms with E-state index in [9.17, 15) is 24.3 Å². The van der Waals surface area contributed by atoms with Crippen LogP contribution in [0.15, 0.2) is 9.98 Å². The van der Waals surface area contributed by atoms with Gasteiger partial charge in [0, 0.05) is 13.1 Å². The molecule has 3 unspecified atom stereocenters. The number of nitrogens with one attached hydrogen (secondary N) is 3. The largest absolute Gasteiger partial charge is 0.480 e. The van der Waals surface area contributed by atoms with Crippen molar-refractivity contribution >= 4 is 47.4 Å². The van der Waals surface area contributed by atoms with Crippen molar-refractivity contribution in [2.75, 3.05) is 31.6 Å². The molecule has 0 aliphatic carbocycles. The predicted octanol–water partition coefficient (Wildman–Crippen LogP) is -3.66. The van der Waals surface area contributed by atoms with Crippen LogP contribution in [0.4, 0.5) is 0 Å². The van der Waals surface area contributed by atoms with Gasteiger partial charge in [-0.15, -0.1) is 0 Å². The van der Waals surface area contributed by atoms with Gasteiger partial charge in [-0.05, 0) is 44.1 Å². The van der Waals surface area contributed by atoms with Crippen molar-refractivity contribution in [3.8, 4) is 0 Å². The molecule has 3 atom stereocenters. The maximum Gasteiger partial charge on any atom is 0.326 e. The number of carbonyl (C=O) groups is 4. The highest BCUT2D eigenvalue weighted by Gasteiger charge is 2.26. The fourth-order valence-corrected chi connectivity index (χ4v) is 3.20. The molecule has 0 fully saturated rings. The number of guanidine groups is 2. The van der Waals surface area contributed by atoms with Crippen LogP contribution in [0.2, 0.25) is 0 Å². The Morgan fingerprint density at radius 3 is 1.94 bits per heavy atom. The first-order chi connectivity index (χ1) is 16.5. The Hall–Kier alpha value is -3.27. The topological polar surface area (TPSA) is 279 Å². The summed E-state index contributed by atoms with van der Waals surface area (Å²) in [4.78, 5) is 56.2. The fourth-order valence-electron chi connectivity index (χ4n) is 2.73. The second-order valence-corrected chi connectivity index (χ2v) is 8.51. The highest BCUT2D eigenvalue weighted by atomic mass is 32.2. The number of aliphatic carboxylic acids is 1. The van der Waals surface area contributed by atoms with Gasteiger partial charge in [-0.3, -0.25) is 24.4 Å². The minimum Gasteiger partial charge on any atom is -0.480 e. The van der Waals surface area contributed by atoms with Gasteiger partial charge in [0.1, 0.15) is 12.1 Å². The molecular formula is C19H38N10O5S. The number of nitrogens with two attached hydrogens (primary N) is 5. The van der Waals surface area contributed by atoms with Gasteiger partial charge in [0.05, 0.1) is 12.6 Å². The third-order valence-corrected chi connectivity index (χ3v) is 5.19. The molecule has 0 aliphatic rings. The zero-order valence-corrected chi connectivity index (χ0v) is 20.7. The molecule has 0 aromatic carbocycles.